The van der Waals surface area contributed by atoms with Crippen LogP contribution in [0.3, 0.4) is 0 Å². The second kappa shape index (κ2) is 5.89. The highest BCUT2D eigenvalue weighted by atomic mass is 14.9. The summed E-state index contributed by atoms with van der Waals surface area (Å²) in [4.78, 5) is 7.36. The number of nitrogens with zero attached hydrogens (tertiary/aromatic N) is 1. The van der Waals surface area contributed by atoms with E-state index in [1.54, 1.807) is 0 Å². The molecule has 1 aromatic carbocycles. The molecule has 4 heteroatoms. The predicted octanol–water partition coefficient (Wildman–Crippen LogP) is 2.10. The monoisotopic (exact) mass is 256 g/mol. The highest BCUT2D eigenvalue weighted by Gasteiger charge is 2.12. The standard InChI is InChI=1S/C15H20N4/c1-3-12-6-8-19-15(12)13(4-1)11-16-7-2-5-14-17-9-10-18-14/h1,3-4,9-10,16,19H,2,5-8,11H2,(H,17,18). The lowest BCUT2D eigenvalue weighted by Gasteiger charge is -2.09. The van der Waals surface area contributed by atoms with Crippen molar-refractivity contribution in [2.24, 2.45) is 0 Å². The zero-order valence-corrected chi connectivity index (χ0v) is 11.1. The predicted molar refractivity (Wildman–Crippen MR) is 77.3 cm³/mol. The molecule has 0 fully saturated rings. The number of aromatic amines is 1. The maximum absolute atomic E-state index is 4.23. The van der Waals surface area contributed by atoms with Crippen LogP contribution in [0.5, 0.6) is 0 Å². The number of aromatic nitrogens is 2. The quantitative estimate of drug-likeness (QED) is 0.694. The summed E-state index contributed by atoms with van der Waals surface area (Å²) in [7, 11) is 0. The molecule has 1 aliphatic heterocycles. The number of fused-ring (bicyclic) bond motifs is 1. The minimum absolute atomic E-state index is 0.939. The molecular formula is C15H20N4. The first kappa shape index (κ1) is 12.2. The summed E-state index contributed by atoms with van der Waals surface area (Å²) in [6, 6.07) is 6.58. The van der Waals surface area contributed by atoms with Crippen LogP contribution in [-0.4, -0.2) is 23.1 Å². The maximum atomic E-state index is 4.23. The lowest BCUT2D eigenvalue weighted by Crippen LogP contribution is -2.16. The normalized spacial score (nSPS) is 13.3. The fourth-order valence-corrected chi connectivity index (χ4v) is 2.60. The van der Waals surface area contributed by atoms with Gasteiger partial charge in [0.05, 0.1) is 0 Å². The molecule has 4 nitrogen and oxygen atoms in total. The smallest absolute Gasteiger partial charge is 0.106 e. The van der Waals surface area contributed by atoms with Crippen LogP contribution in [0.15, 0.2) is 30.6 Å². The van der Waals surface area contributed by atoms with Crippen molar-refractivity contribution >= 4 is 5.69 Å². The van der Waals surface area contributed by atoms with Gasteiger partial charge in [-0.1, -0.05) is 18.2 Å². The molecule has 0 amide bonds. The van der Waals surface area contributed by atoms with Crippen LogP contribution in [0.1, 0.15) is 23.4 Å². The summed E-state index contributed by atoms with van der Waals surface area (Å²) in [5.41, 5.74) is 4.18. The largest absolute Gasteiger partial charge is 0.384 e. The Kier molecular flexibility index (Phi) is 3.79. The van der Waals surface area contributed by atoms with E-state index in [0.29, 0.717) is 0 Å². The minimum Gasteiger partial charge on any atom is -0.384 e. The Morgan fingerprint density at radius 2 is 2.32 bits per heavy atom. The molecule has 0 spiro atoms. The Bertz CT molecular complexity index is 519. The topological polar surface area (TPSA) is 52.7 Å². The molecule has 3 N–H and O–H groups in total. The van der Waals surface area contributed by atoms with Crippen LogP contribution >= 0.6 is 0 Å². The Morgan fingerprint density at radius 3 is 3.21 bits per heavy atom. The molecule has 0 bridgehead atoms. The van der Waals surface area contributed by atoms with Crippen LogP contribution < -0.4 is 10.6 Å². The molecule has 1 aliphatic rings. The third kappa shape index (κ3) is 2.96. The van der Waals surface area contributed by atoms with E-state index in [2.05, 4.69) is 38.8 Å². The van der Waals surface area contributed by atoms with E-state index >= 15 is 0 Å². The molecule has 0 atom stereocenters. The lowest BCUT2D eigenvalue weighted by molar-refractivity contribution is 0.641. The zero-order chi connectivity index (χ0) is 12.9. The van der Waals surface area contributed by atoms with Gasteiger partial charge in [0.25, 0.3) is 0 Å². The van der Waals surface area contributed by atoms with E-state index in [9.17, 15) is 0 Å². The molecule has 0 radical (unpaired) electrons. The van der Waals surface area contributed by atoms with E-state index in [0.717, 1.165) is 44.7 Å². The van der Waals surface area contributed by atoms with Gasteiger partial charge in [-0.25, -0.2) is 4.98 Å². The van der Waals surface area contributed by atoms with Crippen molar-refractivity contribution < 1.29 is 0 Å². The summed E-state index contributed by atoms with van der Waals surface area (Å²) in [6.07, 6.45) is 6.95. The van der Waals surface area contributed by atoms with Crippen LogP contribution in [0, 0.1) is 0 Å². The summed E-state index contributed by atoms with van der Waals surface area (Å²) in [6.45, 7) is 3.03. The van der Waals surface area contributed by atoms with Crippen molar-refractivity contribution in [2.45, 2.75) is 25.8 Å². The molecule has 100 valence electrons. The Balaban J connectivity index is 1.44. The van der Waals surface area contributed by atoms with Gasteiger partial charge in [-0.2, -0.15) is 0 Å². The van der Waals surface area contributed by atoms with Gasteiger partial charge < -0.3 is 15.6 Å². The first-order valence-electron chi connectivity index (χ1n) is 6.97. The Hall–Kier alpha value is -1.81. The van der Waals surface area contributed by atoms with Crippen molar-refractivity contribution in [3.05, 3.63) is 47.5 Å². The van der Waals surface area contributed by atoms with Crippen molar-refractivity contribution in [1.29, 1.82) is 0 Å². The zero-order valence-electron chi connectivity index (χ0n) is 11.1. The molecule has 19 heavy (non-hydrogen) atoms. The Labute approximate surface area is 113 Å². The third-order valence-corrected chi connectivity index (χ3v) is 3.57. The number of anilines is 1. The van der Waals surface area contributed by atoms with E-state index in [1.807, 2.05) is 12.4 Å². The van der Waals surface area contributed by atoms with Gasteiger partial charge in [0.15, 0.2) is 0 Å². The first-order valence-corrected chi connectivity index (χ1v) is 6.97. The van der Waals surface area contributed by atoms with Gasteiger partial charge in [0.2, 0.25) is 0 Å². The van der Waals surface area contributed by atoms with Gasteiger partial charge in [-0.3, -0.25) is 0 Å². The van der Waals surface area contributed by atoms with Crippen molar-refractivity contribution in [2.75, 3.05) is 18.4 Å². The highest BCUT2D eigenvalue weighted by molar-refractivity contribution is 5.61. The molecule has 2 heterocycles. The third-order valence-electron chi connectivity index (χ3n) is 3.57. The molecule has 1 aromatic heterocycles. The van der Waals surface area contributed by atoms with Crippen LogP contribution in [-0.2, 0) is 19.4 Å². The summed E-state index contributed by atoms with van der Waals surface area (Å²) in [5, 5.41) is 6.99. The summed E-state index contributed by atoms with van der Waals surface area (Å²) in [5.74, 6) is 1.07. The van der Waals surface area contributed by atoms with Crippen molar-refractivity contribution in [3.8, 4) is 0 Å². The number of H-pyrrole nitrogens is 1. The molecule has 0 saturated heterocycles. The number of hydrogen-bond donors (Lipinski definition) is 3. The van der Waals surface area contributed by atoms with Gasteiger partial charge in [-0.05, 0) is 30.5 Å². The first-order chi connectivity index (χ1) is 9.43. The number of hydrogen-bond acceptors (Lipinski definition) is 3. The average Bonchev–Trinajstić information content (AvgIpc) is 3.09. The average molecular weight is 256 g/mol. The number of benzene rings is 1. The maximum Gasteiger partial charge on any atom is 0.106 e. The number of imidazole rings is 1. The lowest BCUT2D eigenvalue weighted by atomic mass is 10.1. The van der Waals surface area contributed by atoms with Crippen LogP contribution in [0.25, 0.3) is 0 Å². The fraction of sp³-hybridized carbons (Fsp3) is 0.400. The van der Waals surface area contributed by atoms with Crippen molar-refractivity contribution in [3.63, 3.8) is 0 Å². The molecule has 0 saturated carbocycles. The van der Waals surface area contributed by atoms with E-state index < -0.39 is 0 Å². The van der Waals surface area contributed by atoms with Gasteiger partial charge in [0.1, 0.15) is 5.82 Å². The Morgan fingerprint density at radius 1 is 1.32 bits per heavy atom. The van der Waals surface area contributed by atoms with Gasteiger partial charge >= 0.3 is 0 Å². The minimum atomic E-state index is 0.939. The molecule has 0 unspecified atom stereocenters. The number of aryl methyl sites for hydroxylation is 1. The second-order valence-electron chi connectivity index (χ2n) is 4.94. The summed E-state index contributed by atoms with van der Waals surface area (Å²) >= 11 is 0. The van der Waals surface area contributed by atoms with E-state index in [1.165, 1.54) is 16.8 Å². The summed E-state index contributed by atoms with van der Waals surface area (Å²) < 4.78 is 0. The van der Waals surface area contributed by atoms with Crippen LogP contribution in [0.2, 0.25) is 0 Å². The van der Waals surface area contributed by atoms with Gasteiger partial charge in [0, 0.05) is 37.6 Å². The van der Waals surface area contributed by atoms with E-state index in [-0.39, 0.29) is 0 Å². The number of nitrogens with one attached hydrogen (secondary N) is 3. The molecule has 0 aliphatic carbocycles. The van der Waals surface area contributed by atoms with E-state index in [4.69, 9.17) is 0 Å². The second-order valence-corrected chi connectivity index (χ2v) is 4.94. The highest BCUT2D eigenvalue weighted by Crippen LogP contribution is 2.26. The van der Waals surface area contributed by atoms with Crippen LogP contribution in [0.4, 0.5) is 5.69 Å². The number of para-hydroxylation sites is 1. The SMILES string of the molecule is c1cc2c(c(CNCCCc3ncc[nH]3)c1)NCC2. The molecular weight excluding hydrogens is 236 g/mol. The number of rotatable bonds is 6. The molecule has 2 aromatic rings. The van der Waals surface area contributed by atoms with Crippen molar-refractivity contribution in [1.82, 2.24) is 15.3 Å². The van der Waals surface area contributed by atoms with Gasteiger partial charge in [-0.15, -0.1) is 0 Å². The molecule has 3 rings (SSSR count). The fourth-order valence-electron chi connectivity index (χ4n) is 2.60.